The van der Waals surface area contributed by atoms with Crippen LogP contribution in [0.1, 0.15) is 19.4 Å². The first kappa shape index (κ1) is 19.2. The maximum atomic E-state index is 11.5. The van der Waals surface area contributed by atoms with Gasteiger partial charge in [-0.25, -0.2) is 0 Å². The standard InChI is InChI=1S/C21H24N2O3S/c1-21(2)18-15-17(27(24,25)26)12-13-19(18)23(3)20(21)11-7-8-14-22-16-9-5-4-6-10-16/h4-15,20,22H,1-3H3,(H,24,25,26)/b11-7+,14-8+. The van der Waals surface area contributed by atoms with E-state index in [4.69, 9.17) is 0 Å². The van der Waals surface area contributed by atoms with E-state index in [2.05, 4.69) is 30.1 Å². The molecule has 0 bridgehead atoms. The van der Waals surface area contributed by atoms with Gasteiger partial charge in [0, 0.05) is 30.0 Å². The van der Waals surface area contributed by atoms with E-state index in [0.29, 0.717) is 0 Å². The predicted molar refractivity (Wildman–Crippen MR) is 110 cm³/mol. The van der Waals surface area contributed by atoms with E-state index in [1.165, 1.54) is 6.07 Å². The molecule has 142 valence electrons. The van der Waals surface area contributed by atoms with E-state index in [9.17, 15) is 13.0 Å². The minimum absolute atomic E-state index is 0.0607. The molecule has 0 saturated heterocycles. The zero-order valence-corrected chi connectivity index (χ0v) is 16.4. The fraction of sp³-hybridized carbons (Fsp3) is 0.238. The van der Waals surface area contributed by atoms with Gasteiger partial charge < -0.3 is 10.2 Å². The van der Waals surface area contributed by atoms with Crippen LogP contribution >= 0.6 is 0 Å². The largest absolute Gasteiger partial charge is 0.367 e. The van der Waals surface area contributed by atoms with Crippen LogP contribution in [-0.2, 0) is 15.5 Å². The van der Waals surface area contributed by atoms with Crippen molar-refractivity contribution < 1.29 is 13.0 Å². The Balaban J connectivity index is 1.78. The number of nitrogens with zero attached hydrogens (tertiary/aromatic N) is 1. The lowest BCUT2D eigenvalue weighted by Gasteiger charge is -2.29. The Morgan fingerprint density at radius 1 is 1.11 bits per heavy atom. The summed E-state index contributed by atoms with van der Waals surface area (Å²) in [5.41, 5.74) is 2.59. The fourth-order valence-electron chi connectivity index (χ4n) is 3.57. The molecule has 3 rings (SSSR count). The molecule has 1 atom stereocenters. The molecule has 0 saturated carbocycles. The summed E-state index contributed by atoms with van der Waals surface area (Å²) < 4.78 is 32.3. The summed E-state index contributed by atoms with van der Waals surface area (Å²) in [6.07, 6.45) is 7.88. The van der Waals surface area contributed by atoms with Gasteiger partial charge in [0.25, 0.3) is 10.1 Å². The van der Waals surface area contributed by atoms with Crippen LogP contribution in [-0.4, -0.2) is 26.1 Å². The molecule has 0 radical (unpaired) electrons. The summed E-state index contributed by atoms with van der Waals surface area (Å²) in [6, 6.07) is 14.7. The fourth-order valence-corrected chi connectivity index (χ4v) is 4.07. The van der Waals surface area contributed by atoms with E-state index < -0.39 is 10.1 Å². The Morgan fingerprint density at radius 2 is 1.81 bits per heavy atom. The van der Waals surface area contributed by atoms with Gasteiger partial charge >= 0.3 is 0 Å². The van der Waals surface area contributed by atoms with E-state index in [0.717, 1.165) is 16.9 Å². The zero-order valence-electron chi connectivity index (χ0n) is 15.6. The van der Waals surface area contributed by atoms with Gasteiger partial charge in [-0.15, -0.1) is 0 Å². The number of fused-ring (bicyclic) bond motifs is 1. The molecule has 0 amide bonds. The van der Waals surface area contributed by atoms with E-state index >= 15 is 0 Å². The summed E-state index contributed by atoms with van der Waals surface area (Å²) in [4.78, 5) is 2.05. The molecule has 0 spiro atoms. The minimum atomic E-state index is -4.22. The summed E-state index contributed by atoms with van der Waals surface area (Å²) in [5, 5.41) is 3.20. The maximum Gasteiger partial charge on any atom is 0.294 e. The molecule has 0 aromatic heterocycles. The molecule has 2 aromatic rings. The maximum absolute atomic E-state index is 11.5. The normalized spacial score (nSPS) is 19.0. The van der Waals surface area contributed by atoms with Gasteiger partial charge in [0.1, 0.15) is 0 Å². The monoisotopic (exact) mass is 384 g/mol. The van der Waals surface area contributed by atoms with Crippen LogP contribution in [0.15, 0.2) is 77.9 Å². The van der Waals surface area contributed by atoms with Crippen molar-refractivity contribution in [3.63, 3.8) is 0 Å². The Morgan fingerprint density at radius 3 is 2.48 bits per heavy atom. The summed E-state index contributed by atoms with van der Waals surface area (Å²) in [5.74, 6) is 0. The van der Waals surface area contributed by atoms with Crippen LogP contribution in [0.25, 0.3) is 0 Å². The van der Waals surface area contributed by atoms with E-state index in [1.54, 1.807) is 12.1 Å². The number of para-hydroxylation sites is 1. The molecule has 6 heteroatoms. The van der Waals surface area contributed by atoms with Crippen LogP contribution < -0.4 is 10.2 Å². The van der Waals surface area contributed by atoms with Crippen LogP contribution in [0.2, 0.25) is 0 Å². The number of hydrogen-bond acceptors (Lipinski definition) is 4. The SMILES string of the molecule is CN1c2ccc(S(=O)(=O)O)cc2C(C)(C)C1/C=C/C=C/Nc1ccccc1. The van der Waals surface area contributed by atoms with Gasteiger partial charge in [-0.05, 0) is 42.0 Å². The molecule has 27 heavy (non-hydrogen) atoms. The predicted octanol–water partition coefficient (Wildman–Crippen LogP) is 4.21. The number of allylic oxidation sites excluding steroid dienone is 2. The van der Waals surface area contributed by atoms with Gasteiger partial charge in [0.05, 0.1) is 10.9 Å². The van der Waals surface area contributed by atoms with Crippen LogP contribution in [0.3, 0.4) is 0 Å². The topological polar surface area (TPSA) is 69.6 Å². The van der Waals surface area contributed by atoms with Gasteiger partial charge in [0.15, 0.2) is 0 Å². The number of nitrogens with one attached hydrogen (secondary N) is 1. The molecular weight excluding hydrogens is 360 g/mol. The molecule has 2 aromatic carbocycles. The smallest absolute Gasteiger partial charge is 0.294 e. The van der Waals surface area contributed by atoms with Crippen molar-refractivity contribution in [1.82, 2.24) is 0 Å². The van der Waals surface area contributed by atoms with Gasteiger partial charge in [0.2, 0.25) is 0 Å². The quantitative estimate of drug-likeness (QED) is 0.597. The first-order valence-electron chi connectivity index (χ1n) is 8.71. The van der Waals surface area contributed by atoms with Crippen molar-refractivity contribution in [2.24, 2.45) is 0 Å². The molecule has 0 fully saturated rings. The van der Waals surface area contributed by atoms with Gasteiger partial charge in [-0.1, -0.05) is 44.2 Å². The van der Waals surface area contributed by atoms with Crippen molar-refractivity contribution in [3.05, 3.63) is 78.5 Å². The lowest BCUT2D eigenvalue weighted by atomic mass is 9.80. The van der Waals surface area contributed by atoms with Gasteiger partial charge in [-0.2, -0.15) is 8.42 Å². The Hall–Kier alpha value is -2.57. The highest BCUT2D eigenvalue weighted by molar-refractivity contribution is 7.85. The number of rotatable bonds is 5. The number of anilines is 2. The lowest BCUT2D eigenvalue weighted by molar-refractivity contribution is 0.479. The van der Waals surface area contributed by atoms with Crippen LogP contribution in [0.4, 0.5) is 11.4 Å². The molecule has 5 nitrogen and oxygen atoms in total. The highest BCUT2D eigenvalue weighted by atomic mass is 32.2. The second-order valence-corrected chi connectivity index (χ2v) is 8.61. The summed E-state index contributed by atoms with van der Waals surface area (Å²) >= 11 is 0. The molecule has 1 unspecified atom stereocenters. The van der Waals surface area contributed by atoms with Crippen LogP contribution in [0, 0.1) is 0 Å². The minimum Gasteiger partial charge on any atom is -0.367 e. The molecular formula is C21H24N2O3S. The second kappa shape index (κ2) is 7.21. The van der Waals surface area contributed by atoms with Crippen molar-refractivity contribution in [2.45, 2.75) is 30.2 Å². The highest BCUT2D eigenvalue weighted by Gasteiger charge is 2.42. The summed E-state index contributed by atoms with van der Waals surface area (Å²) in [7, 11) is -2.23. The third-order valence-electron chi connectivity index (χ3n) is 5.02. The van der Waals surface area contributed by atoms with Crippen molar-refractivity contribution in [2.75, 3.05) is 17.3 Å². The third kappa shape index (κ3) is 3.91. The van der Waals surface area contributed by atoms with E-state index in [-0.39, 0.29) is 16.4 Å². The average Bonchev–Trinajstić information content (AvgIpc) is 2.81. The Labute approximate surface area is 160 Å². The summed E-state index contributed by atoms with van der Waals surface area (Å²) in [6.45, 7) is 4.15. The Kier molecular flexibility index (Phi) is 5.13. The first-order valence-corrected chi connectivity index (χ1v) is 10.1. The van der Waals surface area contributed by atoms with Crippen molar-refractivity contribution in [1.29, 1.82) is 0 Å². The number of benzene rings is 2. The number of likely N-dealkylation sites (N-methyl/N-ethyl adjacent to an activating group) is 1. The van der Waals surface area contributed by atoms with Crippen molar-refractivity contribution in [3.8, 4) is 0 Å². The number of hydrogen-bond donors (Lipinski definition) is 2. The van der Waals surface area contributed by atoms with Crippen molar-refractivity contribution >= 4 is 21.5 Å². The second-order valence-electron chi connectivity index (χ2n) is 7.19. The molecule has 1 aliphatic heterocycles. The van der Waals surface area contributed by atoms with E-state index in [1.807, 2.05) is 55.7 Å². The average molecular weight is 385 g/mol. The molecule has 1 aliphatic rings. The molecule has 1 heterocycles. The lowest BCUT2D eigenvalue weighted by Crippen LogP contribution is -2.37. The Bertz CT molecular complexity index is 980. The third-order valence-corrected chi connectivity index (χ3v) is 5.87. The zero-order chi connectivity index (χ0) is 19.7. The van der Waals surface area contributed by atoms with Gasteiger partial charge in [-0.3, -0.25) is 4.55 Å². The highest BCUT2D eigenvalue weighted by Crippen LogP contribution is 2.45. The molecule has 2 N–H and O–H groups in total. The first-order chi connectivity index (χ1) is 12.7. The van der Waals surface area contributed by atoms with Crippen LogP contribution in [0.5, 0.6) is 0 Å². The molecule has 0 aliphatic carbocycles.